The molecule has 0 spiro atoms. The molecule has 4 atom stereocenters. The first kappa shape index (κ1) is 72.4. The van der Waals surface area contributed by atoms with Crippen molar-refractivity contribution < 1.29 is 36.7 Å². The SMILES string of the molecule is CCCN(CCC)C(C)OCC(OC(C)N(CCC)CCC)C(COCCN(CCO[Si](C)(C)C(C)(C)C)CCO[Si](C)(C)C(C)(C)C)OCCN(CCO[Si](C)(C)C(C)(C)C)CCO[Si](C)(C)C(C)(C)C. The average Bonchev–Trinajstić information content (AvgIpc) is 3.23. The lowest BCUT2D eigenvalue weighted by molar-refractivity contribution is -0.188. The third-order valence-corrected chi connectivity index (χ3v) is 34.8. The van der Waals surface area contributed by atoms with Crippen LogP contribution in [-0.4, -0.2) is 196 Å². The molecule has 16 heteroatoms. The summed E-state index contributed by atoms with van der Waals surface area (Å²) in [5.41, 5.74) is 0. The van der Waals surface area contributed by atoms with Gasteiger partial charge in [-0.1, -0.05) is 111 Å². The van der Waals surface area contributed by atoms with Crippen molar-refractivity contribution >= 4 is 33.3 Å². The first-order chi connectivity index (χ1) is 32.9. The zero-order valence-electron chi connectivity index (χ0n) is 52.9. The van der Waals surface area contributed by atoms with E-state index >= 15 is 0 Å². The molecule has 0 saturated carbocycles. The lowest BCUT2D eigenvalue weighted by Gasteiger charge is -2.38. The highest BCUT2D eigenvalue weighted by Gasteiger charge is 2.40. The summed E-state index contributed by atoms with van der Waals surface area (Å²) in [5, 5.41) is 0.601. The minimum Gasteiger partial charge on any atom is -0.416 e. The topological polar surface area (TPSA) is 86.8 Å². The van der Waals surface area contributed by atoms with Crippen molar-refractivity contribution in [2.45, 2.75) is 248 Å². The maximum absolute atomic E-state index is 7.16. The molecule has 0 amide bonds. The molecular formula is C56H126N4O8Si4. The van der Waals surface area contributed by atoms with Gasteiger partial charge in [-0.2, -0.15) is 0 Å². The van der Waals surface area contributed by atoms with E-state index in [-0.39, 0.29) is 44.8 Å². The van der Waals surface area contributed by atoms with E-state index in [1.54, 1.807) is 0 Å². The molecule has 72 heavy (non-hydrogen) atoms. The zero-order chi connectivity index (χ0) is 55.8. The van der Waals surface area contributed by atoms with Gasteiger partial charge in [-0.15, -0.1) is 0 Å². The van der Waals surface area contributed by atoms with Gasteiger partial charge in [0.2, 0.25) is 0 Å². The van der Waals surface area contributed by atoms with Gasteiger partial charge in [-0.25, -0.2) is 0 Å². The fourth-order valence-electron chi connectivity index (χ4n) is 7.26. The Morgan fingerprint density at radius 2 is 0.639 bits per heavy atom. The van der Waals surface area contributed by atoms with E-state index in [4.69, 9.17) is 36.7 Å². The molecule has 0 heterocycles. The molecule has 12 nitrogen and oxygen atoms in total. The molecule has 0 rings (SSSR count). The predicted molar refractivity (Wildman–Crippen MR) is 320 cm³/mol. The first-order valence-corrected chi connectivity index (χ1v) is 40.5. The summed E-state index contributed by atoms with van der Waals surface area (Å²) in [4.78, 5) is 9.84. The van der Waals surface area contributed by atoms with Crippen LogP contribution in [0.2, 0.25) is 72.5 Å². The molecule has 434 valence electrons. The molecule has 0 aliphatic carbocycles. The van der Waals surface area contributed by atoms with E-state index < -0.39 is 33.3 Å². The second-order valence-electron chi connectivity index (χ2n) is 26.9. The van der Waals surface area contributed by atoms with Crippen LogP contribution in [0.15, 0.2) is 0 Å². The van der Waals surface area contributed by atoms with Crippen molar-refractivity contribution in [3.8, 4) is 0 Å². The smallest absolute Gasteiger partial charge is 0.192 e. The van der Waals surface area contributed by atoms with Gasteiger partial charge < -0.3 is 36.7 Å². The van der Waals surface area contributed by atoms with Crippen molar-refractivity contribution in [1.82, 2.24) is 19.6 Å². The van der Waals surface area contributed by atoms with Gasteiger partial charge in [0.25, 0.3) is 0 Å². The third kappa shape index (κ3) is 27.8. The number of rotatable bonds is 41. The molecule has 0 fully saturated rings. The highest BCUT2D eigenvalue weighted by Crippen LogP contribution is 2.39. The highest BCUT2D eigenvalue weighted by molar-refractivity contribution is 6.75. The summed E-state index contributed by atoms with van der Waals surface area (Å²) in [7, 11) is -7.65. The van der Waals surface area contributed by atoms with E-state index in [1.807, 2.05) is 0 Å². The van der Waals surface area contributed by atoms with E-state index in [2.05, 4.69) is 197 Å². The van der Waals surface area contributed by atoms with Crippen molar-refractivity contribution in [3.63, 3.8) is 0 Å². The molecule has 4 unspecified atom stereocenters. The van der Waals surface area contributed by atoms with Gasteiger partial charge in [0.1, 0.15) is 24.7 Å². The molecule has 0 aromatic rings. The Morgan fingerprint density at radius 3 is 0.944 bits per heavy atom. The van der Waals surface area contributed by atoms with Crippen LogP contribution >= 0.6 is 0 Å². The summed E-state index contributed by atoms with van der Waals surface area (Å²) in [6.45, 7) is 73.2. The normalized spacial score (nSPS) is 15.9. The Labute approximate surface area is 453 Å². The lowest BCUT2D eigenvalue weighted by atomic mass is 10.2. The Morgan fingerprint density at radius 1 is 0.347 bits per heavy atom. The zero-order valence-corrected chi connectivity index (χ0v) is 56.9. The maximum Gasteiger partial charge on any atom is 0.192 e. The standard InChI is InChI=1S/C56H126N4O8Si4/c1-27-31-59(32-28-2)49(5)63-48-52(68-50(6)60(33-29-3)34-30-4)51(62-42-36-58(39-45-66-71(23,24)55(13,14)15)40-46-67-72(25,26)56(16,17)18)47-61-41-35-57(37-43-64-69(19,20)53(7,8)9)38-44-65-70(21,22)54(10,11)12/h49-52H,27-48H2,1-26H3. The van der Waals surface area contributed by atoms with Crippen molar-refractivity contribution in [1.29, 1.82) is 0 Å². The summed E-state index contributed by atoms with van der Waals surface area (Å²) in [6, 6.07) is 0. The van der Waals surface area contributed by atoms with Gasteiger partial charge in [-0.05, 0) is 112 Å². The maximum atomic E-state index is 7.16. The summed E-state index contributed by atoms with van der Waals surface area (Å²) in [5.74, 6) is 0. The van der Waals surface area contributed by atoms with Crippen molar-refractivity contribution in [3.05, 3.63) is 0 Å². The fraction of sp³-hybridized carbons (Fsp3) is 1.00. The largest absolute Gasteiger partial charge is 0.416 e. The quantitative estimate of drug-likeness (QED) is 0.0332. The molecule has 0 N–H and O–H groups in total. The molecule has 0 aromatic heterocycles. The van der Waals surface area contributed by atoms with Crippen LogP contribution in [0, 0.1) is 0 Å². The van der Waals surface area contributed by atoms with Crippen LogP contribution in [0.1, 0.15) is 150 Å². The van der Waals surface area contributed by atoms with Crippen molar-refractivity contribution in [2.75, 3.05) is 118 Å². The van der Waals surface area contributed by atoms with E-state index in [1.165, 1.54) is 0 Å². The molecule has 0 saturated heterocycles. The van der Waals surface area contributed by atoms with E-state index in [0.717, 1.165) is 91.1 Å². The second-order valence-corrected chi connectivity index (χ2v) is 46.1. The summed E-state index contributed by atoms with van der Waals surface area (Å²) < 4.78 is 54.8. The highest BCUT2D eigenvalue weighted by atomic mass is 28.4. The van der Waals surface area contributed by atoms with E-state index in [9.17, 15) is 0 Å². The fourth-order valence-corrected chi connectivity index (χ4v) is 11.4. The number of ether oxygens (including phenoxy) is 4. The van der Waals surface area contributed by atoms with Gasteiger partial charge >= 0.3 is 0 Å². The minimum absolute atomic E-state index is 0.0526. The Hall–Kier alpha value is 0.388. The monoisotopic (exact) mass is 1090 g/mol. The summed E-state index contributed by atoms with van der Waals surface area (Å²) in [6.07, 6.45) is 3.39. The second kappa shape index (κ2) is 33.7. The lowest BCUT2D eigenvalue weighted by Crippen LogP contribution is -2.48. The van der Waals surface area contributed by atoms with Crippen LogP contribution in [0.3, 0.4) is 0 Å². The van der Waals surface area contributed by atoms with Crippen LogP contribution < -0.4 is 0 Å². The van der Waals surface area contributed by atoms with Crippen LogP contribution in [0.5, 0.6) is 0 Å². The van der Waals surface area contributed by atoms with Crippen LogP contribution in [0.25, 0.3) is 0 Å². The Bertz CT molecular complexity index is 1310. The Kier molecular flexibility index (Phi) is 33.9. The molecule has 0 aliphatic rings. The predicted octanol–water partition coefficient (Wildman–Crippen LogP) is 13.4. The molecule has 0 radical (unpaired) electrons. The van der Waals surface area contributed by atoms with Crippen molar-refractivity contribution in [2.24, 2.45) is 0 Å². The molecule has 0 bridgehead atoms. The van der Waals surface area contributed by atoms with Gasteiger partial charge in [0.15, 0.2) is 33.3 Å². The van der Waals surface area contributed by atoms with Gasteiger partial charge in [-0.3, -0.25) is 19.6 Å². The Balaban J connectivity index is 6.93. The molecule has 0 aromatic carbocycles. The third-order valence-electron chi connectivity index (χ3n) is 16.6. The van der Waals surface area contributed by atoms with E-state index in [0.29, 0.717) is 52.9 Å². The molecule has 0 aliphatic heterocycles. The minimum atomic E-state index is -1.92. The van der Waals surface area contributed by atoms with Gasteiger partial charge in [0, 0.05) is 91.9 Å². The number of hydrogen-bond acceptors (Lipinski definition) is 12. The number of nitrogens with zero attached hydrogens (tertiary/aromatic N) is 4. The average molecular weight is 1100 g/mol. The summed E-state index contributed by atoms with van der Waals surface area (Å²) >= 11 is 0. The molecular weight excluding hydrogens is 969 g/mol. The number of hydrogen-bond donors (Lipinski definition) is 0. The first-order valence-electron chi connectivity index (χ1n) is 28.9. The van der Waals surface area contributed by atoms with Crippen LogP contribution in [-0.2, 0) is 36.7 Å². The van der Waals surface area contributed by atoms with Crippen LogP contribution in [0.4, 0.5) is 0 Å². The van der Waals surface area contributed by atoms with Gasteiger partial charge in [0.05, 0.1) is 26.4 Å².